The molecule has 0 aliphatic heterocycles. The molecule has 1 aromatic heterocycles. The molecule has 418 valence electrons. The number of hydrogen-bond acceptors (Lipinski definition) is 1. The molecule has 0 saturated heterocycles. The van der Waals surface area contributed by atoms with Crippen molar-refractivity contribution in [2.24, 2.45) is 0 Å². The van der Waals surface area contributed by atoms with Gasteiger partial charge in [0.2, 0.25) is 0 Å². The smallest absolute Gasteiger partial charge is 0.416 e. The van der Waals surface area contributed by atoms with Crippen LogP contribution in [0.15, 0.2) is 140 Å². The number of nitrogens with zero attached hydrogens (tertiary/aromatic N) is 1. The Balaban J connectivity index is 0.000000387. The summed E-state index contributed by atoms with van der Waals surface area (Å²) >= 11 is 0. The van der Waals surface area contributed by atoms with Gasteiger partial charge in [0.15, 0.2) is 18.9 Å². The van der Waals surface area contributed by atoms with Crippen molar-refractivity contribution in [1.29, 1.82) is 0 Å². The van der Waals surface area contributed by atoms with Gasteiger partial charge in [-0.05, 0) is 73.8 Å². The molecule has 7 rings (SSSR count). The minimum atomic E-state index is -6.13. The van der Waals surface area contributed by atoms with Crippen molar-refractivity contribution in [3.63, 3.8) is 0 Å². The molecule has 2 nitrogen and oxygen atoms in total. The highest BCUT2D eigenvalue weighted by atomic mass is 19.4. The quantitative estimate of drug-likeness (QED) is 0.0840. The van der Waals surface area contributed by atoms with E-state index in [0.717, 1.165) is 12.3 Å². The Labute approximate surface area is 424 Å². The van der Waals surface area contributed by atoms with E-state index in [9.17, 15) is 105 Å². The lowest BCUT2D eigenvalue weighted by Crippen LogP contribution is -2.75. The first kappa shape index (κ1) is 60.1. The summed E-state index contributed by atoms with van der Waals surface area (Å²) in [5.41, 5.74) is -28.9. The molecule has 0 unspecified atom stereocenters. The highest BCUT2D eigenvalue weighted by Crippen LogP contribution is 2.41. The molecule has 0 aliphatic carbocycles. The molecule has 27 heteroatoms. The maximum absolute atomic E-state index is 14.2. The van der Waals surface area contributed by atoms with Crippen LogP contribution in [-0.2, 0) is 56.0 Å². The summed E-state index contributed by atoms with van der Waals surface area (Å²) in [6.07, 6.45) is -50.3. The van der Waals surface area contributed by atoms with Crippen LogP contribution in [0.5, 0.6) is 5.75 Å². The average molecular weight is 1140 g/mol. The number of aromatic nitrogens is 1. The van der Waals surface area contributed by atoms with Gasteiger partial charge >= 0.3 is 49.4 Å². The Kier molecular flexibility index (Phi) is 16.1. The molecule has 0 N–H and O–H groups in total. The van der Waals surface area contributed by atoms with Crippen LogP contribution in [0.1, 0.15) is 63.9 Å². The third-order valence-electron chi connectivity index (χ3n) is 11.8. The largest absolute Gasteiger partial charge is 0.491 e. The zero-order valence-electron chi connectivity index (χ0n) is 39.1. The molecule has 7 aromatic rings. The lowest BCUT2D eigenvalue weighted by molar-refractivity contribution is -0.687. The summed E-state index contributed by atoms with van der Waals surface area (Å²) in [6.45, 7) is 4.95. The number of hydrogen-bond donors (Lipinski definition) is 0. The fraction of sp³-hybridized carbons (Fsp3) is 0.235. The van der Waals surface area contributed by atoms with Crippen molar-refractivity contribution in [3.8, 4) is 5.75 Å². The second kappa shape index (κ2) is 20.9. The van der Waals surface area contributed by atoms with E-state index < -0.39 is 195 Å². The van der Waals surface area contributed by atoms with Gasteiger partial charge in [-0.2, -0.15) is 127 Å². The summed E-state index contributed by atoms with van der Waals surface area (Å²) in [5.74, 6) is 0.928. The normalized spacial score (nSPS) is 13.4. The highest BCUT2D eigenvalue weighted by molar-refractivity contribution is 7.20. The molecule has 0 amide bonds. The topological polar surface area (TPSA) is 13.1 Å². The highest BCUT2D eigenvalue weighted by Gasteiger charge is 2.47. The molecular weight excluding hydrogens is 1110 g/mol. The predicted octanol–water partition coefficient (Wildman–Crippen LogP) is 15.2. The second-order valence-electron chi connectivity index (χ2n) is 17.8. The predicted molar refractivity (Wildman–Crippen MR) is 236 cm³/mol. The van der Waals surface area contributed by atoms with Gasteiger partial charge in [0, 0.05) is 17.0 Å². The van der Waals surface area contributed by atoms with E-state index >= 15 is 0 Å². The van der Waals surface area contributed by atoms with Gasteiger partial charge in [-0.3, -0.25) is 0 Å². The van der Waals surface area contributed by atoms with Crippen molar-refractivity contribution in [2.45, 2.75) is 75.9 Å². The van der Waals surface area contributed by atoms with Crippen molar-refractivity contribution < 1.29 is 115 Å². The number of halogens is 24. The molecule has 78 heavy (non-hydrogen) atoms. The minimum Gasteiger partial charge on any atom is -0.491 e. The number of alkyl halides is 24. The molecule has 6 aromatic carbocycles. The third kappa shape index (κ3) is 14.0. The molecule has 0 saturated carbocycles. The lowest BCUT2D eigenvalue weighted by atomic mass is 9.12. The Morgan fingerprint density at radius 3 is 0.885 bits per heavy atom. The van der Waals surface area contributed by atoms with Crippen LogP contribution in [0.4, 0.5) is 105 Å². The number of benzene rings is 6. The van der Waals surface area contributed by atoms with Crippen LogP contribution in [0.2, 0.25) is 0 Å². The molecule has 0 bridgehead atoms. The summed E-state index contributed by atoms with van der Waals surface area (Å²) in [7, 11) is 0. The van der Waals surface area contributed by atoms with Crippen LogP contribution in [0.3, 0.4) is 0 Å². The van der Waals surface area contributed by atoms with E-state index in [1.807, 2.05) is 26.0 Å². The second-order valence-corrected chi connectivity index (χ2v) is 17.8. The maximum Gasteiger partial charge on any atom is 0.416 e. The standard InChI is InChI=1S/C32H12BF24.C19H20NO/c34-25(35,36)13-1-14(26(37,38)39)6-21(5-13)33(22-7-15(27(40,41)42)2-16(8-22)28(43,44)45,23-9-17(29(46,47)48)3-18(10-23)30(49,50)51)24-11-19(31(52,53)54)4-20(12-24)32(55,56)57;1-15(2)21-19-9-7-16(8-10-19)13-20-12-11-17-5-3-4-6-18(17)14-20/h1-12H;3-12,14-15H,13H2,1-2H3/q-1;+1. The Hall–Kier alpha value is -7.09. The maximum atomic E-state index is 14.2. The number of rotatable bonds is 8. The van der Waals surface area contributed by atoms with Gasteiger partial charge in [0.25, 0.3) is 0 Å². The van der Waals surface area contributed by atoms with Crippen LogP contribution in [0.25, 0.3) is 10.8 Å². The SMILES string of the molecule is CC(C)Oc1ccc(C[n+]2ccc3ccccc3c2)cc1.FC(F)(F)c1cc([B-](c2cc(C(F)(F)F)cc(C(F)(F)F)c2)(c2cc(C(F)(F)F)cc(C(F)(F)F)c2)c2cc(C(F)(F)F)cc(C(F)(F)F)c2)cc(C(F)(F)F)c1. The molecule has 0 aliphatic rings. The molecular formula is C51H32BF24NO. The Morgan fingerprint density at radius 1 is 0.359 bits per heavy atom. The molecule has 1 heterocycles. The minimum absolute atomic E-state index is 0.214. The van der Waals surface area contributed by atoms with Crippen LogP contribution in [-0.4, -0.2) is 12.2 Å². The van der Waals surface area contributed by atoms with E-state index in [2.05, 4.69) is 59.4 Å². The van der Waals surface area contributed by atoms with Crippen molar-refractivity contribution in [1.82, 2.24) is 0 Å². The molecule has 0 fully saturated rings. The van der Waals surface area contributed by atoms with Crippen LogP contribution >= 0.6 is 0 Å². The van der Waals surface area contributed by atoms with Crippen LogP contribution in [0, 0.1) is 0 Å². The van der Waals surface area contributed by atoms with Gasteiger partial charge in [-0.1, -0.05) is 66.7 Å². The summed E-state index contributed by atoms with van der Waals surface area (Å²) in [6, 6.07) is 10.1. The lowest BCUT2D eigenvalue weighted by Gasteiger charge is -2.46. The van der Waals surface area contributed by atoms with E-state index in [-0.39, 0.29) is 6.10 Å². The fourth-order valence-electron chi connectivity index (χ4n) is 8.50. The Morgan fingerprint density at radius 2 is 0.628 bits per heavy atom. The number of pyridine rings is 1. The molecule has 0 radical (unpaired) electrons. The summed E-state index contributed by atoms with van der Waals surface area (Å²) < 4.78 is 349. The van der Waals surface area contributed by atoms with Crippen molar-refractivity contribution in [2.75, 3.05) is 0 Å². The van der Waals surface area contributed by atoms with Crippen molar-refractivity contribution in [3.05, 3.63) is 190 Å². The van der Waals surface area contributed by atoms with E-state index in [0.29, 0.717) is 0 Å². The van der Waals surface area contributed by atoms with Crippen LogP contribution < -0.4 is 31.2 Å². The zero-order chi connectivity index (χ0) is 58.6. The molecule has 0 spiro atoms. The molecule has 0 atom stereocenters. The fourth-order valence-corrected chi connectivity index (χ4v) is 8.50. The van der Waals surface area contributed by atoms with Gasteiger partial charge < -0.3 is 4.74 Å². The van der Waals surface area contributed by atoms with E-state index in [4.69, 9.17) is 4.74 Å². The first-order chi connectivity index (χ1) is 35.5. The third-order valence-corrected chi connectivity index (χ3v) is 11.8. The van der Waals surface area contributed by atoms with Gasteiger partial charge in [0.05, 0.1) is 50.6 Å². The van der Waals surface area contributed by atoms with E-state index in [1.54, 1.807) is 0 Å². The summed E-state index contributed by atoms with van der Waals surface area (Å²) in [5, 5.41) is 2.54. The zero-order valence-corrected chi connectivity index (χ0v) is 39.1. The van der Waals surface area contributed by atoms with Crippen molar-refractivity contribution >= 4 is 38.8 Å². The van der Waals surface area contributed by atoms with Gasteiger partial charge in [0.1, 0.15) is 11.9 Å². The van der Waals surface area contributed by atoms with Gasteiger partial charge in [-0.15, -0.1) is 0 Å². The number of fused-ring (bicyclic) bond motifs is 1. The first-order valence-electron chi connectivity index (χ1n) is 22.0. The average Bonchev–Trinajstić information content (AvgIpc) is 3.46. The van der Waals surface area contributed by atoms with Gasteiger partial charge in [-0.25, -0.2) is 4.57 Å². The monoisotopic (exact) mass is 1140 g/mol. The Bertz CT molecular complexity index is 2830. The first-order valence-corrected chi connectivity index (χ1v) is 22.0. The number of ether oxygens (including phenoxy) is 1. The van der Waals surface area contributed by atoms with E-state index in [1.165, 1.54) is 16.3 Å². The summed E-state index contributed by atoms with van der Waals surface area (Å²) in [4.78, 5) is 0.